The van der Waals surface area contributed by atoms with Crippen molar-refractivity contribution in [2.24, 2.45) is 0 Å². The number of hydrogen-bond acceptors (Lipinski definition) is 6. The first-order chi connectivity index (χ1) is 11.7. The third-order valence-corrected chi connectivity index (χ3v) is 4.84. The van der Waals surface area contributed by atoms with Gasteiger partial charge in [-0.05, 0) is 33.6 Å². The number of amides is 1. The number of anilines is 1. The molecule has 7 nitrogen and oxygen atoms in total. The van der Waals surface area contributed by atoms with E-state index in [4.69, 9.17) is 16.3 Å². The summed E-state index contributed by atoms with van der Waals surface area (Å²) >= 11 is 6.19. The minimum Gasteiger partial charge on any atom is -0.444 e. The van der Waals surface area contributed by atoms with Crippen LogP contribution in [0.15, 0.2) is 0 Å². The smallest absolute Gasteiger partial charge is 0.410 e. The maximum Gasteiger partial charge on any atom is 0.410 e. The lowest BCUT2D eigenvalue weighted by Gasteiger charge is -2.29. The van der Waals surface area contributed by atoms with E-state index in [1.807, 2.05) is 20.8 Å². The zero-order chi connectivity index (χ0) is 18.2. The summed E-state index contributed by atoms with van der Waals surface area (Å²) in [5, 5.41) is 22.0. The first-order valence-corrected chi connectivity index (χ1v) is 9.09. The molecule has 1 saturated carbocycles. The number of nitrogens with one attached hydrogen (secondary N) is 1. The standard InChI is InChI=1S/C17H25ClN4O3/c1-17(2,3)25-16(24)22-8-10-11(9-22)15(21-20-14(10)18)19-12-6-4-5-7-13(12)23/h12-13,23H,4-9H2,1-3H3,(H,19,21)/t12-,13-/m1/s1. The zero-order valence-corrected chi connectivity index (χ0v) is 15.6. The number of nitrogens with zero attached hydrogens (tertiary/aromatic N) is 3. The van der Waals surface area contributed by atoms with Gasteiger partial charge in [0, 0.05) is 11.1 Å². The van der Waals surface area contributed by atoms with E-state index >= 15 is 0 Å². The molecule has 0 radical (unpaired) electrons. The molecule has 0 spiro atoms. The molecule has 1 aliphatic heterocycles. The second kappa shape index (κ2) is 6.96. The predicted octanol–water partition coefficient (Wildman–Crippen LogP) is 3.10. The topological polar surface area (TPSA) is 87.6 Å². The summed E-state index contributed by atoms with van der Waals surface area (Å²) in [7, 11) is 0. The van der Waals surface area contributed by atoms with Crippen molar-refractivity contribution in [1.29, 1.82) is 0 Å². The van der Waals surface area contributed by atoms with Crippen LogP contribution in [0.4, 0.5) is 10.6 Å². The number of aliphatic hydroxyl groups is 1. The SMILES string of the molecule is CC(C)(C)OC(=O)N1Cc2c(Cl)nnc(N[C@@H]3CCCC[C@H]3O)c2C1. The number of rotatable bonds is 2. The minimum absolute atomic E-state index is 0.0519. The highest BCUT2D eigenvalue weighted by Crippen LogP contribution is 2.34. The van der Waals surface area contributed by atoms with Crippen LogP contribution in [0.1, 0.15) is 57.6 Å². The van der Waals surface area contributed by atoms with Gasteiger partial charge < -0.3 is 15.2 Å². The molecular formula is C17H25ClN4O3. The summed E-state index contributed by atoms with van der Waals surface area (Å²) < 4.78 is 5.44. The Bertz CT molecular complexity index is 662. The molecule has 2 atom stereocenters. The Morgan fingerprint density at radius 3 is 2.60 bits per heavy atom. The van der Waals surface area contributed by atoms with E-state index in [1.165, 1.54) is 0 Å². The lowest BCUT2D eigenvalue weighted by Crippen LogP contribution is -2.37. The van der Waals surface area contributed by atoms with Crippen molar-refractivity contribution >= 4 is 23.5 Å². The molecule has 8 heteroatoms. The summed E-state index contributed by atoms with van der Waals surface area (Å²) in [5.74, 6) is 0.594. The Balaban J connectivity index is 1.77. The molecular weight excluding hydrogens is 344 g/mol. The van der Waals surface area contributed by atoms with Crippen molar-refractivity contribution in [2.45, 2.75) is 77.3 Å². The molecule has 1 aromatic rings. The monoisotopic (exact) mass is 368 g/mol. The van der Waals surface area contributed by atoms with E-state index in [0.29, 0.717) is 24.1 Å². The number of halogens is 1. The van der Waals surface area contributed by atoms with E-state index in [2.05, 4.69) is 15.5 Å². The first kappa shape index (κ1) is 18.2. The summed E-state index contributed by atoms with van der Waals surface area (Å²) in [4.78, 5) is 13.9. The van der Waals surface area contributed by atoms with Gasteiger partial charge in [0.05, 0.1) is 25.2 Å². The first-order valence-electron chi connectivity index (χ1n) is 8.71. The fraction of sp³-hybridized carbons (Fsp3) is 0.706. The average molecular weight is 369 g/mol. The third kappa shape index (κ3) is 4.15. The highest BCUT2D eigenvalue weighted by atomic mass is 35.5. The second-order valence-electron chi connectivity index (χ2n) is 7.74. The Hall–Kier alpha value is -1.60. The van der Waals surface area contributed by atoms with Crippen molar-refractivity contribution in [3.8, 4) is 0 Å². The number of aromatic nitrogens is 2. The molecule has 1 aromatic heterocycles. The Morgan fingerprint density at radius 1 is 1.24 bits per heavy atom. The highest BCUT2D eigenvalue weighted by Gasteiger charge is 2.33. The van der Waals surface area contributed by atoms with Crippen LogP contribution in [0.25, 0.3) is 0 Å². The van der Waals surface area contributed by atoms with Gasteiger partial charge in [-0.25, -0.2) is 4.79 Å². The van der Waals surface area contributed by atoms with Crippen molar-refractivity contribution < 1.29 is 14.6 Å². The van der Waals surface area contributed by atoms with Crippen LogP contribution in [-0.2, 0) is 17.8 Å². The van der Waals surface area contributed by atoms with Gasteiger partial charge in [0.25, 0.3) is 0 Å². The highest BCUT2D eigenvalue weighted by molar-refractivity contribution is 6.30. The van der Waals surface area contributed by atoms with Crippen LogP contribution in [0.3, 0.4) is 0 Å². The van der Waals surface area contributed by atoms with Crippen LogP contribution in [0.2, 0.25) is 5.15 Å². The van der Waals surface area contributed by atoms with Crippen LogP contribution in [0, 0.1) is 0 Å². The van der Waals surface area contributed by atoms with Crippen LogP contribution in [0.5, 0.6) is 0 Å². The summed E-state index contributed by atoms with van der Waals surface area (Å²) in [6, 6.07) is -0.0519. The van der Waals surface area contributed by atoms with E-state index in [9.17, 15) is 9.90 Å². The fourth-order valence-electron chi connectivity index (χ4n) is 3.28. The minimum atomic E-state index is -0.556. The van der Waals surface area contributed by atoms with Crippen molar-refractivity contribution in [3.63, 3.8) is 0 Å². The number of aliphatic hydroxyl groups excluding tert-OH is 1. The van der Waals surface area contributed by atoms with Crippen molar-refractivity contribution in [3.05, 3.63) is 16.3 Å². The van der Waals surface area contributed by atoms with Gasteiger partial charge in [-0.2, -0.15) is 0 Å². The van der Waals surface area contributed by atoms with Crippen LogP contribution in [-0.4, -0.2) is 44.0 Å². The van der Waals surface area contributed by atoms with E-state index < -0.39 is 11.7 Å². The number of ether oxygens (including phenoxy) is 1. The van der Waals surface area contributed by atoms with Gasteiger partial charge >= 0.3 is 6.09 Å². The Morgan fingerprint density at radius 2 is 1.92 bits per heavy atom. The van der Waals surface area contributed by atoms with Gasteiger partial charge in [0.2, 0.25) is 0 Å². The Kier molecular flexibility index (Phi) is 5.06. The number of carbonyl (C=O) groups is 1. The predicted molar refractivity (Wildman–Crippen MR) is 94.4 cm³/mol. The molecule has 138 valence electrons. The van der Waals surface area contributed by atoms with Crippen LogP contribution < -0.4 is 5.32 Å². The van der Waals surface area contributed by atoms with E-state index in [1.54, 1.807) is 4.90 Å². The van der Waals surface area contributed by atoms with Gasteiger partial charge in [-0.15, -0.1) is 10.2 Å². The fourth-order valence-corrected chi connectivity index (χ4v) is 3.49. The summed E-state index contributed by atoms with van der Waals surface area (Å²) in [5.41, 5.74) is 1.08. The van der Waals surface area contributed by atoms with Gasteiger partial charge in [0.1, 0.15) is 5.60 Å². The quantitative estimate of drug-likeness (QED) is 0.834. The van der Waals surface area contributed by atoms with E-state index in [0.717, 1.165) is 36.8 Å². The van der Waals surface area contributed by atoms with E-state index in [-0.39, 0.29) is 12.1 Å². The molecule has 0 bridgehead atoms. The number of fused-ring (bicyclic) bond motifs is 1. The average Bonchev–Trinajstić information content (AvgIpc) is 2.97. The molecule has 0 saturated heterocycles. The maximum absolute atomic E-state index is 12.4. The molecule has 25 heavy (non-hydrogen) atoms. The summed E-state index contributed by atoms with van der Waals surface area (Å²) in [6.07, 6.45) is 2.99. The van der Waals surface area contributed by atoms with Crippen molar-refractivity contribution in [2.75, 3.05) is 5.32 Å². The molecule has 1 aliphatic carbocycles. The molecule has 2 heterocycles. The second-order valence-corrected chi connectivity index (χ2v) is 8.09. The number of carbonyl (C=O) groups excluding carboxylic acids is 1. The van der Waals surface area contributed by atoms with Crippen LogP contribution >= 0.6 is 11.6 Å². The van der Waals surface area contributed by atoms with Crippen molar-refractivity contribution in [1.82, 2.24) is 15.1 Å². The molecule has 2 aliphatic rings. The molecule has 2 N–H and O–H groups in total. The molecule has 1 fully saturated rings. The lowest BCUT2D eigenvalue weighted by molar-refractivity contribution is 0.0242. The summed E-state index contributed by atoms with van der Waals surface area (Å²) in [6.45, 7) is 6.22. The van der Waals surface area contributed by atoms with Gasteiger partial charge in [0.15, 0.2) is 11.0 Å². The molecule has 0 unspecified atom stereocenters. The lowest BCUT2D eigenvalue weighted by atomic mass is 9.92. The third-order valence-electron chi connectivity index (χ3n) is 4.54. The molecule has 3 rings (SSSR count). The molecule has 1 amide bonds. The van der Waals surface area contributed by atoms with Gasteiger partial charge in [-0.3, -0.25) is 4.90 Å². The number of hydrogen-bond donors (Lipinski definition) is 2. The zero-order valence-electron chi connectivity index (χ0n) is 14.9. The van der Waals surface area contributed by atoms with Gasteiger partial charge in [-0.1, -0.05) is 24.4 Å². The maximum atomic E-state index is 12.4. The largest absolute Gasteiger partial charge is 0.444 e. The molecule has 0 aromatic carbocycles. The normalized spacial score (nSPS) is 23.3. The Labute approximate surface area is 152 Å².